The first-order valence-corrected chi connectivity index (χ1v) is 8.90. The summed E-state index contributed by atoms with van der Waals surface area (Å²) in [6.07, 6.45) is 1.86. The van der Waals surface area contributed by atoms with Gasteiger partial charge in [-0.25, -0.2) is 0 Å². The van der Waals surface area contributed by atoms with Gasteiger partial charge in [-0.1, -0.05) is 33.8 Å². The molecule has 1 heterocycles. The van der Waals surface area contributed by atoms with E-state index in [0.717, 1.165) is 0 Å². The fourth-order valence-electron chi connectivity index (χ4n) is 2.82. The number of carbonyl (C=O) groups is 2. The van der Waals surface area contributed by atoms with E-state index in [1.807, 2.05) is 20.8 Å². The highest BCUT2D eigenvalue weighted by molar-refractivity contribution is 5.96. The quantitative estimate of drug-likeness (QED) is 0.574. The van der Waals surface area contributed by atoms with Crippen molar-refractivity contribution in [2.75, 3.05) is 0 Å². The maximum absolute atomic E-state index is 12.6. The largest absolute Gasteiger partial charge is 0.462 e. The fourth-order valence-corrected chi connectivity index (χ4v) is 2.82. The van der Waals surface area contributed by atoms with Crippen LogP contribution in [0.2, 0.25) is 0 Å². The van der Waals surface area contributed by atoms with Gasteiger partial charge in [0.15, 0.2) is 5.78 Å². The Labute approximate surface area is 145 Å². The van der Waals surface area contributed by atoms with E-state index in [4.69, 9.17) is 4.74 Å². The molecule has 1 rings (SSSR count). The van der Waals surface area contributed by atoms with Crippen molar-refractivity contribution in [3.8, 4) is 0 Å². The molecule has 0 saturated carbocycles. The van der Waals surface area contributed by atoms with Gasteiger partial charge in [0.25, 0.3) is 0 Å². The molecule has 1 saturated heterocycles. The summed E-state index contributed by atoms with van der Waals surface area (Å²) in [6, 6.07) is 0. The number of hydrogen-bond donors (Lipinski definition) is 2. The Bertz CT molecular complexity index is 468. The normalized spacial score (nSPS) is 28.8. The number of aliphatic hydroxyl groups excluding tert-OH is 2. The highest BCUT2D eigenvalue weighted by Crippen LogP contribution is 2.26. The minimum Gasteiger partial charge on any atom is -0.462 e. The number of carbonyl (C=O) groups excluding carboxylic acids is 2. The highest BCUT2D eigenvalue weighted by atomic mass is 16.5. The van der Waals surface area contributed by atoms with E-state index in [0.29, 0.717) is 24.8 Å². The molecule has 0 amide bonds. The summed E-state index contributed by atoms with van der Waals surface area (Å²) in [5.74, 6) is -0.779. The molecule has 0 bridgehead atoms. The average Bonchev–Trinajstić information content (AvgIpc) is 2.52. The molecule has 5 nitrogen and oxygen atoms in total. The van der Waals surface area contributed by atoms with Gasteiger partial charge in [0, 0.05) is 0 Å². The highest BCUT2D eigenvalue weighted by Gasteiger charge is 2.32. The number of rotatable bonds is 6. The first-order valence-electron chi connectivity index (χ1n) is 8.90. The molecule has 0 aliphatic carbocycles. The summed E-state index contributed by atoms with van der Waals surface area (Å²) in [5, 5.41) is 19.7. The molecule has 0 spiro atoms. The third-order valence-electron chi connectivity index (χ3n) is 5.02. The van der Waals surface area contributed by atoms with E-state index in [-0.39, 0.29) is 24.0 Å². The monoisotopic (exact) mass is 340 g/mol. The molecule has 1 aliphatic heterocycles. The lowest BCUT2D eigenvalue weighted by atomic mass is 9.86. The third kappa shape index (κ3) is 6.02. The summed E-state index contributed by atoms with van der Waals surface area (Å²) in [6.45, 7) is 9.29. The number of aliphatic hydroxyl groups is 2. The lowest BCUT2D eigenvalue weighted by Crippen LogP contribution is -2.36. The van der Waals surface area contributed by atoms with Crippen LogP contribution in [0.15, 0.2) is 11.6 Å². The number of ketones is 1. The second-order valence-electron chi connectivity index (χ2n) is 7.44. The van der Waals surface area contributed by atoms with Gasteiger partial charge in [-0.2, -0.15) is 0 Å². The smallest absolute Gasteiger partial charge is 0.308 e. The van der Waals surface area contributed by atoms with Crippen molar-refractivity contribution in [3.05, 3.63) is 11.6 Å². The van der Waals surface area contributed by atoms with Crippen molar-refractivity contribution in [3.63, 3.8) is 0 Å². The minimum atomic E-state index is -0.677. The van der Waals surface area contributed by atoms with E-state index in [9.17, 15) is 19.8 Å². The van der Waals surface area contributed by atoms with Crippen molar-refractivity contribution < 1.29 is 24.5 Å². The number of allylic oxidation sites excluding steroid dienone is 1. The summed E-state index contributed by atoms with van der Waals surface area (Å²) < 4.78 is 5.41. The maximum Gasteiger partial charge on any atom is 0.308 e. The second kappa shape index (κ2) is 9.33. The van der Waals surface area contributed by atoms with Crippen molar-refractivity contribution in [2.24, 2.45) is 17.8 Å². The summed E-state index contributed by atoms with van der Waals surface area (Å²) in [4.78, 5) is 24.4. The molecule has 0 aromatic carbocycles. The van der Waals surface area contributed by atoms with E-state index in [2.05, 4.69) is 0 Å². The van der Waals surface area contributed by atoms with E-state index in [1.54, 1.807) is 19.9 Å². The van der Waals surface area contributed by atoms with Crippen molar-refractivity contribution in [1.29, 1.82) is 0 Å². The van der Waals surface area contributed by atoms with Crippen molar-refractivity contribution in [1.82, 2.24) is 0 Å². The lowest BCUT2D eigenvalue weighted by molar-refractivity contribution is -0.158. The molecule has 1 aliphatic rings. The molecule has 138 valence electrons. The molecule has 2 N–H and O–H groups in total. The molecule has 0 aromatic heterocycles. The van der Waals surface area contributed by atoms with Crippen LogP contribution >= 0.6 is 0 Å². The zero-order valence-corrected chi connectivity index (χ0v) is 15.5. The van der Waals surface area contributed by atoms with Crippen LogP contribution < -0.4 is 0 Å². The Kier molecular flexibility index (Phi) is 8.10. The Morgan fingerprint density at radius 3 is 2.54 bits per heavy atom. The second-order valence-corrected chi connectivity index (χ2v) is 7.44. The average molecular weight is 340 g/mol. The van der Waals surface area contributed by atoms with Crippen molar-refractivity contribution in [2.45, 2.75) is 78.6 Å². The molecular weight excluding hydrogens is 308 g/mol. The summed E-state index contributed by atoms with van der Waals surface area (Å²) in [7, 11) is 0. The first kappa shape index (κ1) is 20.8. The van der Waals surface area contributed by atoms with Gasteiger partial charge < -0.3 is 14.9 Å². The van der Waals surface area contributed by atoms with Crippen LogP contribution in [-0.2, 0) is 14.3 Å². The first-order chi connectivity index (χ1) is 11.1. The zero-order valence-electron chi connectivity index (χ0n) is 15.5. The van der Waals surface area contributed by atoms with E-state index in [1.165, 1.54) is 0 Å². The van der Waals surface area contributed by atoms with Crippen LogP contribution in [-0.4, -0.2) is 40.3 Å². The Morgan fingerprint density at radius 2 is 1.96 bits per heavy atom. The maximum atomic E-state index is 12.6. The molecule has 5 unspecified atom stereocenters. The molecular formula is C19H32O5. The molecule has 5 atom stereocenters. The van der Waals surface area contributed by atoms with Gasteiger partial charge in [0.1, 0.15) is 6.10 Å². The molecule has 1 fully saturated rings. The number of cyclic esters (lactones) is 1. The summed E-state index contributed by atoms with van der Waals surface area (Å²) in [5.41, 5.74) is 0.591. The van der Waals surface area contributed by atoms with Gasteiger partial charge >= 0.3 is 5.97 Å². The van der Waals surface area contributed by atoms with E-state index < -0.39 is 30.2 Å². The predicted molar refractivity (Wildman–Crippen MR) is 92.3 cm³/mol. The van der Waals surface area contributed by atoms with E-state index >= 15 is 0 Å². The standard InChI is InChI=1S/C19H32O5/c1-11(2)15(20)8-6-13(4)19(23)14(5)17-9-7-12(3)16(21)10-18(22)24-17/h6,11-12,14-17,20-21H,7-10H2,1-5H3. The Hall–Kier alpha value is -1.20. The van der Waals surface area contributed by atoms with Crippen LogP contribution in [0.1, 0.15) is 60.3 Å². The van der Waals surface area contributed by atoms with Crippen LogP contribution in [0, 0.1) is 17.8 Å². The minimum absolute atomic E-state index is 0.0143. The Balaban J connectivity index is 2.72. The lowest BCUT2D eigenvalue weighted by Gasteiger charge is -2.29. The van der Waals surface area contributed by atoms with Crippen molar-refractivity contribution >= 4 is 11.8 Å². The van der Waals surface area contributed by atoms with Crippen LogP contribution in [0.3, 0.4) is 0 Å². The van der Waals surface area contributed by atoms with Crippen LogP contribution in [0.25, 0.3) is 0 Å². The number of Topliss-reactive ketones (excluding diaryl/α,β-unsaturated/α-hetero) is 1. The predicted octanol–water partition coefficient (Wildman–Crippen LogP) is 2.64. The van der Waals surface area contributed by atoms with Crippen LogP contribution in [0.5, 0.6) is 0 Å². The SMILES string of the molecule is CC(=CCC(O)C(C)C)C(=O)C(C)C1CCC(C)C(O)CC(=O)O1. The zero-order chi connectivity index (χ0) is 18.4. The van der Waals surface area contributed by atoms with Crippen LogP contribution in [0.4, 0.5) is 0 Å². The molecule has 0 aromatic rings. The molecule has 24 heavy (non-hydrogen) atoms. The number of esters is 1. The third-order valence-corrected chi connectivity index (χ3v) is 5.02. The number of hydrogen-bond acceptors (Lipinski definition) is 5. The summed E-state index contributed by atoms with van der Waals surface area (Å²) >= 11 is 0. The van der Waals surface area contributed by atoms with Gasteiger partial charge in [-0.05, 0) is 43.6 Å². The Morgan fingerprint density at radius 1 is 1.33 bits per heavy atom. The molecule has 5 heteroatoms. The van der Waals surface area contributed by atoms with Gasteiger partial charge in [0.2, 0.25) is 0 Å². The number of ether oxygens (including phenoxy) is 1. The topological polar surface area (TPSA) is 83.8 Å². The molecule has 0 radical (unpaired) electrons. The van der Waals surface area contributed by atoms with Gasteiger partial charge in [-0.15, -0.1) is 0 Å². The van der Waals surface area contributed by atoms with Gasteiger partial charge in [0.05, 0.1) is 24.5 Å². The fraction of sp³-hybridized carbons (Fsp3) is 0.789. The van der Waals surface area contributed by atoms with Gasteiger partial charge in [-0.3, -0.25) is 9.59 Å².